The lowest BCUT2D eigenvalue weighted by Gasteiger charge is -2.39. The minimum Gasteiger partial charge on any atom is -0.346 e. The fourth-order valence-electron chi connectivity index (χ4n) is 6.60. The van der Waals surface area contributed by atoms with E-state index in [4.69, 9.17) is 0 Å². The Labute approximate surface area is 224 Å². The molecule has 1 aromatic heterocycles. The van der Waals surface area contributed by atoms with Crippen molar-refractivity contribution in [2.24, 2.45) is 0 Å². The molecule has 3 aromatic rings. The van der Waals surface area contributed by atoms with Crippen molar-refractivity contribution < 1.29 is 23.2 Å². The van der Waals surface area contributed by atoms with Gasteiger partial charge in [-0.25, -0.2) is 8.78 Å². The fraction of sp³-hybridized carbons (Fsp3) is 0.448. The molecule has 39 heavy (non-hydrogen) atoms. The zero-order valence-corrected chi connectivity index (χ0v) is 21.8. The molecule has 2 aliphatic heterocycles. The highest BCUT2D eigenvalue weighted by Crippen LogP contribution is 2.49. The van der Waals surface area contributed by atoms with E-state index in [0.717, 1.165) is 22.0 Å². The number of aryl methyl sites for hydroxylation is 1. The minimum atomic E-state index is -2.94. The Morgan fingerprint density at radius 3 is 2.69 bits per heavy atom. The molecule has 2 aromatic carbocycles. The molecule has 10 heteroatoms. The number of hydrogen-bond donors (Lipinski definition) is 2. The van der Waals surface area contributed by atoms with Crippen LogP contribution in [0, 0.1) is 6.92 Å². The molecular weight excluding hydrogens is 504 g/mol. The van der Waals surface area contributed by atoms with E-state index in [2.05, 4.69) is 15.5 Å². The quantitative estimate of drug-likeness (QED) is 0.526. The summed E-state index contributed by atoms with van der Waals surface area (Å²) in [6.07, 6.45) is 3.58. The van der Waals surface area contributed by atoms with Gasteiger partial charge in [-0.05, 0) is 68.0 Å². The van der Waals surface area contributed by atoms with Crippen molar-refractivity contribution in [1.82, 2.24) is 20.4 Å². The molecule has 204 valence electrons. The van der Waals surface area contributed by atoms with Gasteiger partial charge in [0, 0.05) is 36.1 Å². The highest BCUT2D eigenvalue weighted by molar-refractivity contribution is 6.11. The van der Waals surface area contributed by atoms with Crippen LogP contribution < -0.4 is 10.2 Å². The largest absolute Gasteiger partial charge is 0.346 e. The third-order valence-electron chi connectivity index (χ3n) is 8.67. The molecule has 1 saturated carbocycles. The second-order valence-corrected chi connectivity index (χ2v) is 11.0. The van der Waals surface area contributed by atoms with Crippen LogP contribution in [0.4, 0.5) is 14.5 Å². The first-order chi connectivity index (χ1) is 18.7. The van der Waals surface area contributed by atoms with Crippen LogP contribution in [0.25, 0.3) is 10.9 Å². The van der Waals surface area contributed by atoms with Gasteiger partial charge in [0.1, 0.15) is 6.54 Å². The summed E-state index contributed by atoms with van der Waals surface area (Å²) in [5, 5.41) is 10.2. The maximum absolute atomic E-state index is 14.3. The fourth-order valence-corrected chi connectivity index (χ4v) is 6.60. The number of carbonyl (C=O) groups excluding carboxylic acids is 3. The number of likely N-dealkylation sites (tertiary alicyclic amines) is 1. The number of fused-ring (bicyclic) bond motifs is 3. The number of anilines is 1. The van der Waals surface area contributed by atoms with Crippen LogP contribution in [0.2, 0.25) is 0 Å². The smallest absolute Gasteiger partial charge is 0.267 e. The number of piperidine rings is 1. The summed E-state index contributed by atoms with van der Waals surface area (Å²) in [5.41, 5.74) is 3.01. The Morgan fingerprint density at radius 2 is 1.92 bits per heavy atom. The van der Waals surface area contributed by atoms with E-state index in [1.807, 2.05) is 37.3 Å². The predicted molar refractivity (Wildman–Crippen MR) is 142 cm³/mol. The molecule has 1 saturated heterocycles. The number of hydrogen-bond acceptors (Lipinski definition) is 4. The average molecular weight is 536 g/mol. The van der Waals surface area contributed by atoms with Crippen LogP contribution >= 0.6 is 0 Å². The molecular formula is C29H31F2N5O3. The van der Waals surface area contributed by atoms with E-state index < -0.39 is 23.3 Å². The van der Waals surface area contributed by atoms with Crippen molar-refractivity contribution in [3.05, 3.63) is 59.3 Å². The van der Waals surface area contributed by atoms with Crippen LogP contribution in [-0.4, -0.2) is 64.4 Å². The summed E-state index contributed by atoms with van der Waals surface area (Å²) < 4.78 is 28.7. The highest BCUT2D eigenvalue weighted by atomic mass is 19.3. The van der Waals surface area contributed by atoms with E-state index in [1.54, 1.807) is 17.2 Å². The van der Waals surface area contributed by atoms with E-state index in [9.17, 15) is 23.2 Å². The lowest BCUT2D eigenvalue weighted by molar-refractivity contribution is -0.130. The molecule has 1 atom stereocenters. The van der Waals surface area contributed by atoms with Crippen molar-refractivity contribution in [3.8, 4) is 0 Å². The second kappa shape index (κ2) is 9.43. The Bertz CT molecular complexity index is 1460. The van der Waals surface area contributed by atoms with Crippen LogP contribution in [0.15, 0.2) is 42.6 Å². The zero-order chi connectivity index (χ0) is 27.4. The van der Waals surface area contributed by atoms with Gasteiger partial charge in [-0.3, -0.25) is 19.5 Å². The molecule has 0 bridgehead atoms. The van der Waals surface area contributed by atoms with Crippen molar-refractivity contribution in [2.75, 3.05) is 24.5 Å². The molecule has 3 amide bonds. The summed E-state index contributed by atoms with van der Waals surface area (Å²) in [6, 6.07) is 9.79. The maximum Gasteiger partial charge on any atom is 0.267 e. The monoisotopic (exact) mass is 535 g/mol. The Balaban J connectivity index is 1.21. The maximum atomic E-state index is 14.3. The number of aromatic nitrogens is 2. The van der Waals surface area contributed by atoms with Gasteiger partial charge in [-0.2, -0.15) is 5.10 Å². The van der Waals surface area contributed by atoms with Crippen LogP contribution in [0.1, 0.15) is 60.0 Å². The molecule has 6 rings (SSSR count). The molecule has 2 fully saturated rings. The van der Waals surface area contributed by atoms with Gasteiger partial charge in [0.25, 0.3) is 11.8 Å². The Kier molecular flexibility index (Phi) is 6.15. The number of H-pyrrole nitrogens is 1. The predicted octanol–water partition coefficient (Wildman–Crippen LogP) is 4.09. The van der Waals surface area contributed by atoms with E-state index in [1.165, 1.54) is 4.90 Å². The van der Waals surface area contributed by atoms with Gasteiger partial charge in [-0.15, -0.1) is 0 Å². The van der Waals surface area contributed by atoms with Crippen molar-refractivity contribution >= 4 is 34.3 Å². The van der Waals surface area contributed by atoms with Gasteiger partial charge >= 0.3 is 0 Å². The number of rotatable bonds is 4. The van der Waals surface area contributed by atoms with Gasteiger partial charge in [0.05, 0.1) is 23.2 Å². The van der Waals surface area contributed by atoms with Gasteiger partial charge in [0.15, 0.2) is 0 Å². The first kappa shape index (κ1) is 25.5. The van der Waals surface area contributed by atoms with Crippen molar-refractivity contribution in [3.63, 3.8) is 0 Å². The first-order valence-electron chi connectivity index (χ1n) is 13.5. The average Bonchev–Trinajstić information content (AvgIpc) is 3.48. The lowest BCUT2D eigenvalue weighted by atomic mass is 9.72. The summed E-state index contributed by atoms with van der Waals surface area (Å²) >= 11 is 0. The van der Waals surface area contributed by atoms with E-state index in [-0.39, 0.29) is 31.2 Å². The topological polar surface area (TPSA) is 98.4 Å². The minimum absolute atomic E-state index is 0.104. The Hall–Kier alpha value is -3.82. The summed E-state index contributed by atoms with van der Waals surface area (Å²) in [5.74, 6) is -3.83. The molecule has 0 radical (unpaired) electrons. The number of halogens is 2. The third-order valence-corrected chi connectivity index (χ3v) is 8.67. The van der Waals surface area contributed by atoms with Crippen LogP contribution in [0.3, 0.4) is 0 Å². The number of alkyl halides is 2. The van der Waals surface area contributed by atoms with Crippen LogP contribution in [-0.2, 0) is 15.0 Å². The second-order valence-electron chi connectivity index (χ2n) is 11.0. The van der Waals surface area contributed by atoms with Gasteiger partial charge < -0.3 is 15.1 Å². The van der Waals surface area contributed by atoms with Crippen molar-refractivity contribution in [2.45, 2.75) is 62.8 Å². The number of amides is 3. The number of carbonyl (C=O) groups is 3. The number of benzene rings is 2. The standard InChI is InChI=1S/C29H31F2N5O3/c1-18-5-4-6-22-25(18)28(27(39)36(22)17-24(37)33-23-7-2-3-10-29(23,30)31)11-13-35(14-12-28)26(38)19-8-9-21-20(15-19)16-32-34-21/h4-6,8-9,15-16,23H,2-3,7,10-14,17H2,1H3,(H,32,34)(H,33,37). The first-order valence-corrected chi connectivity index (χ1v) is 13.5. The normalized spacial score (nSPS) is 21.8. The lowest BCUT2D eigenvalue weighted by Crippen LogP contribution is -2.54. The van der Waals surface area contributed by atoms with Gasteiger partial charge in [-0.1, -0.05) is 18.6 Å². The molecule has 3 aliphatic rings. The SMILES string of the molecule is Cc1cccc2c1C1(CCN(C(=O)c3ccc4[nH]ncc4c3)CC1)C(=O)N2CC(=O)NC1CCCCC1(F)F. The zero-order valence-electron chi connectivity index (χ0n) is 21.8. The molecule has 2 N–H and O–H groups in total. The van der Waals surface area contributed by atoms with Gasteiger partial charge in [0.2, 0.25) is 11.8 Å². The molecule has 1 aliphatic carbocycles. The number of nitrogens with one attached hydrogen (secondary N) is 2. The summed E-state index contributed by atoms with van der Waals surface area (Å²) in [6.45, 7) is 2.40. The Morgan fingerprint density at radius 1 is 1.13 bits per heavy atom. The molecule has 1 spiro atoms. The van der Waals surface area contributed by atoms with Crippen molar-refractivity contribution in [1.29, 1.82) is 0 Å². The van der Waals surface area contributed by atoms with E-state index in [0.29, 0.717) is 50.0 Å². The highest BCUT2D eigenvalue weighted by Gasteiger charge is 2.53. The van der Waals surface area contributed by atoms with Crippen LogP contribution in [0.5, 0.6) is 0 Å². The van der Waals surface area contributed by atoms with E-state index >= 15 is 0 Å². The number of aromatic amines is 1. The molecule has 8 nitrogen and oxygen atoms in total. The summed E-state index contributed by atoms with van der Waals surface area (Å²) in [4.78, 5) is 43.4. The number of nitrogens with zero attached hydrogens (tertiary/aromatic N) is 3. The summed E-state index contributed by atoms with van der Waals surface area (Å²) in [7, 11) is 0. The molecule has 1 unspecified atom stereocenters. The molecule has 3 heterocycles. The third kappa shape index (κ3) is 4.26.